The van der Waals surface area contributed by atoms with Gasteiger partial charge in [0.15, 0.2) is 11.6 Å². The molecule has 8 heteroatoms. The Balaban J connectivity index is 1.76. The molecule has 1 saturated heterocycles. The minimum Gasteiger partial charge on any atom is -0.508 e. The Hall–Kier alpha value is -3.39. The maximum Gasteiger partial charge on any atom is 0.256 e. The van der Waals surface area contributed by atoms with Crippen LogP contribution < -0.4 is 15.6 Å². The second-order valence-electron chi connectivity index (χ2n) is 6.96. The summed E-state index contributed by atoms with van der Waals surface area (Å²) in [4.78, 5) is 17.2. The lowest BCUT2D eigenvalue weighted by molar-refractivity contribution is 0.0854. The van der Waals surface area contributed by atoms with Gasteiger partial charge in [-0.15, -0.1) is 0 Å². The molecular weight excluding hydrogens is 391 g/mol. The highest BCUT2D eigenvalue weighted by atomic mass is 19.1. The molecule has 3 aromatic rings. The molecule has 1 aliphatic rings. The third kappa shape index (κ3) is 4.28. The fourth-order valence-electron chi connectivity index (χ4n) is 3.30. The molecule has 1 unspecified atom stereocenters. The molecule has 0 saturated carbocycles. The SMILES string of the molecule is COc1ccc(N=c2oc3cc(O)ccc3cc2C(=O)NCC2CCCO2)cc1F. The molecule has 0 radical (unpaired) electrons. The molecule has 0 bridgehead atoms. The average molecular weight is 412 g/mol. The summed E-state index contributed by atoms with van der Waals surface area (Å²) in [5.74, 6) is -0.856. The Bertz CT molecular complexity index is 1150. The first kappa shape index (κ1) is 19.9. The van der Waals surface area contributed by atoms with Gasteiger partial charge in [-0.25, -0.2) is 9.38 Å². The van der Waals surface area contributed by atoms with E-state index in [0.29, 0.717) is 24.1 Å². The number of hydrogen-bond acceptors (Lipinski definition) is 6. The molecule has 30 heavy (non-hydrogen) atoms. The Morgan fingerprint density at radius 1 is 1.30 bits per heavy atom. The Morgan fingerprint density at radius 2 is 2.17 bits per heavy atom. The van der Waals surface area contributed by atoms with E-state index < -0.39 is 5.82 Å². The van der Waals surface area contributed by atoms with Crippen LogP contribution in [0, 0.1) is 5.82 Å². The number of benzene rings is 2. The number of nitrogens with one attached hydrogen (secondary N) is 1. The zero-order valence-corrected chi connectivity index (χ0v) is 16.4. The fourth-order valence-corrected chi connectivity index (χ4v) is 3.30. The Labute approximate surface area is 171 Å². The smallest absolute Gasteiger partial charge is 0.256 e. The topological polar surface area (TPSA) is 93.3 Å². The molecule has 1 aromatic heterocycles. The van der Waals surface area contributed by atoms with Crippen LogP contribution in [-0.4, -0.2) is 37.4 Å². The normalized spacial score (nSPS) is 16.7. The van der Waals surface area contributed by atoms with Crippen LogP contribution in [0.25, 0.3) is 11.0 Å². The molecule has 156 valence electrons. The molecule has 4 rings (SSSR count). The van der Waals surface area contributed by atoms with Crippen molar-refractivity contribution in [3.8, 4) is 11.5 Å². The molecule has 1 atom stereocenters. The Kier molecular flexibility index (Phi) is 5.67. The minimum atomic E-state index is -0.582. The third-order valence-electron chi connectivity index (χ3n) is 4.86. The van der Waals surface area contributed by atoms with Crippen molar-refractivity contribution in [2.24, 2.45) is 4.99 Å². The first-order chi connectivity index (χ1) is 14.5. The van der Waals surface area contributed by atoms with Crippen LogP contribution in [0.1, 0.15) is 23.2 Å². The molecule has 2 heterocycles. The molecule has 1 aliphatic heterocycles. The van der Waals surface area contributed by atoms with Crippen molar-refractivity contribution in [1.29, 1.82) is 0 Å². The van der Waals surface area contributed by atoms with Gasteiger partial charge in [-0.05, 0) is 43.2 Å². The number of phenolic OH excluding ortho intramolecular Hbond substituents is 1. The first-order valence-corrected chi connectivity index (χ1v) is 9.58. The molecule has 2 aromatic carbocycles. The highest BCUT2D eigenvalue weighted by Crippen LogP contribution is 2.23. The number of phenols is 1. The van der Waals surface area contributed by atoms with Gasteiger partial charge in [-0.2, -0.15) is 0 Å². The van der Waals surface area contributed by atoms with Gasteiger partial charge in [0.25, 0.3) is 5.91 Å². The molecule has 2 N–H and O–H groups in total. The largest absolute Gasteiger partial charge is 0.508 e. The van der Waals surface area contributed by atoms with Gasteiger partial charge in [-0.3, -0.25) is 4.79 Å². The first-order valence-electron chi connectivity index (χ1n) is 9.58. The van der Waals surface area contributed by atoms with E-state index in [1.807, 2.05) is 0 Å². The standard InChI is InChI=1S/C22H21FN2O5/c1-28-19-7-5-14(10-18(19)23)25-22-17(21(27)24-12-16-3-2-8-29-16)9-13-4-6-15(26)11-20(13)30-22/h4-7,9-11,16,26H,2-3,8,12H2,1H3,(H,24,27). The maximum absolute atomic E-state index is 14.1. The van der Waals surface area contributed by atoms with Crippen molar-refractivity contribution in [2.45, 2.75) is 18.9 Å². The van der Waals surface area contributed by atoms with Crippen molar-refractivity contribution in [3.05, 3.63) is 59.4 Å². The predicted molar refractivity (Wildman–Crippen MR) is 107 cm³/mol. The van der Waals surface area contributed by atoms with E-state index in [-0.39, 0.29) is 40.3 Å². The summed E-state index contributed by atoms with van der Waals surface area (Å²) in [5.41, 5.74) is 0.799. The third-order valence-corrected chi connectivity index (χ3v) is 4.86. The van der Waals surface area contributed by atoms with Crippen molar-refractivity contribution in [3.63, 3.8) is 0 Å². The molecule has 0 aliphatic carbocycles. The lowest BCUT2D eigenvalue weighted by Crippen LogP contribution is -2.34. The molecule has 7 nitrogen and oxygen atoms in total. The number of carbonyl (C=O) groups excluding carboxylic acids is 1. The summed E-state index contributed by atoms with van der Waals surface area (Å²) in [6.45, 7) is 1.07. The molecular formula is C22H21FN2O5. The number of fused-ring (bicyclic) bond motifs is 1. The molecule has 0 spiro atoms. The number of ether oxygens (including phenoxy) is 2. The number of amides is 1. The lowest BCUT2D eigenvalue weighted by atomic mass is 10.1. The van der Waals surface area contributed by atoms with Crippen molar-refractivity contribution in [1.82, 2.24) is 5.32 Å². The second kappa shape index (κ2) is 8.54. The van der Waals surface area contributed by atoms with E-state index in [1.54, 1.807) is 18.2 Å². The van der Waals surface area contributed by atoms with E-state index in [2.05, 4.69) is 10.3 Å². The van der Waals surface area contributed by atoms with E-state index >= 15 is 0 Å². The van der Waals surface area contributed by atoms with Crippen LogP contribution in [0.3, 0.4) is 0 Å². The van der Waals surface area contributed by atoms with E-state index in [1.165, 1.54) is 31.4 Å². The summed E-state index contributed by atoms with van der Waals surface area (Å²) in [6, 6.07) is 10.4. The van der Waals surface area contributed by atoms with Crippen LogP contribution in [-0.2, 0) is 4.74 Å². The monoisotopic (exact) mass is 412 g/mol. The van der Waals surface area contributed by atoms with Gasteiger partial charge in [0, 0.05) is 30.7 Å². The van der Waals surface area contributed by atoms with E-state index in [4.69, 9.17) is 13.9 Å². The van der Waals surface area contributed by atoms with Gasteiger partial charge >= 0.3 is 0 Å². The summed E-state index contributed by atoms with van der Waals surface area (Å²) < 4.78 is 30.3. The minimum absolute atomic E-state index is 0.00232. The summed E-state index contributed by atoms with van der Waals surface area (Å²) in [7, 11) is 1.37. The van der Waals surface area contributed by atoms with Crippen LogP contribution in [0.5, 0.6) is 11.5 Å². The zero-order chi connectivity index (χ0) is 21.1. The Morgan fingerprint density at radius 3 is 2.90 bits per heavy atom. The van der Waals surface area contributed by atoms with Gasteiger partial charge in [0.05, 0.1) is 18.9 Å². The molecule has 1 amide bonds. The number of carbonyl (C=O) groups is 1. The number of hydrogen-bond donors (Lipinski definition) is 2. The average Bonchev–Trinajstić information content (AvgIpc) is 3.25. The highest BCUT2D eigenvalue weighted by Gasteiger charge is 2.19. The lowest BCUT2D eigenvalue weighted by Gasteiger charge is -2.11. The van der Waals surface area contributed by atoms with E-state index in [0.717, 1.165) is 12.8 Å². The van der Waals surface area contributed by atoms with Crippen LogP contribution in [0.15, 0.2) is 51.9 Å². The second-order valence-corrected chi connectivity index (χ2v) is 6.96. The molecule has 1 fully saturated rings. The van der Waals surface area contributed by atoms with Crippen LogP contribution in [0.4, 0.5) is 10.1 Å². The van der Waals surface area contributed by atoms with Crippen molar-refractivity contribution < 1.29 is 28.2 Å². The number of aromatic hydroxyl groups is 1. The number of halogens is 1. The van der Waals surface area contributed by atoms with Crippen LogP contribution >= 0.6 is 0 Å². The summed E-state index contributed by atoms with van der Waals surface area (Å²) >= 11 is 0. The highest BCUT2D eigenvalue weighted by molar-refractivity contribution is 5.96. The fraction of sp³-hybridized carbons (Fsp3) is 0.273. The number of rotatable bonds is 5. The van der Waals surface area contributed by atoms with Crippen molar-refractivity contribution in [2.75, 3.05) is 20.3 Å². The van der Waals surface area contributed by atoms with Gasteiger partial charge < -0.3 is 24.3 Å². The van der Waals surface area contributed by atoms with Gasteiger partial charge in [0.2, 0.25) is 5.55 Å². The summed E-state index contributed by atoms with van der Waals surface area (Å²) in [5, 5.41) is 13.2. The maximum atomic E-state index is 14.1. The summed E-state index contributed by atoms with van der Waals surface area (Å²) in [6.07, 6.45) is 1.85. The van der Waals surface area contributed by atoms with Gasteiger partial charge in [0.1, 0.15) is 16.9 Å². The zero-order valence-electron chi connectivity index (χ0n) is 16.4. The van der Waals surface area contributed by atoms with Crippen LogP contribution in [0.2, 0.25) is 0 Å². The van der Waals surface area contributed by atoms with E-state index in [9.17, 15) is 14.3 Å². The number of nitrogens with zero attached hydrogens (tertiary/aromatic N) is 1. The van der Waals surface area contributed by atoms with Crippen molar-refractivity contribution >= 4 is 22.6 Å². The van der Waals surface area contributed by atoms with Gasteiger partial charge in [-0.1, -0.05) is 0 Å². The predicted octanol–water partition coefficient (Wildman–Crippen LogP) is 3.43. The number of methoxy groups -OCH3 is 1. The quantitative estimate of drug-likeness (QED) is 0.670.